The molecule has 1 aromatic heterocycles. The molecule has 0 amide bonds. The van der Waals surface area contributed by atoms with Crippen LogP contribution >= 0.6 is 12.2 Å². The van der Waals surface area contributed by atoms with E-state index in [4.69, 9.17) is 21.7 Å². The van der Waals surface area contributed by atoms with E-state index in [1.165, 1.54) is 0 Å². The molecule has 1 fully saturated rings. The molecule has 0 radical (unpaired) electrons. The molecule has 164 valence electrons. The predicted octanol–water partition coefficient (Wildman–Crippen LogP) is 0.928. The Labute approximate surface area is 181 Å². The molecular formula is C21H30N4O4S. The van der Waals surface area contributed by atoms with E-state index in [0.29, 0.717) is 23.8 Å². The molecule has 1 aliphatic heterocycles. The van der Waals surface area contributed by atoms with Crippen LogP contribution in [0.5, 0.6) is 5.75 Å². The second-order valence-corrected chi connectivity index (χ2v) is 7.65. The van der Waals surface area contributed by atoms with Gasteiger partial charge in [0, 0.05) is 42.6 Å². The van der Waals surface area contributed by atoms with E-state index in [2.05, 4.69) is 15.2 Å². The van der Waals surface area contributed by atoms with Crippen molar-refractivity contribution in [1.29, 1.82) is 0 Å². The van der Waals surface area contributed by atoms with Gasteiger partial charge in [-0.15, -0.1) is 0 Å². The number of methoxy groups -OCH3 is 1. The Morgan fingerprint density at radius 1 is 1.37 bits per heavy atom. The van der Waals surface area contributed by atoms with Crippen LogP contribution in [0.3, 0.4) is 0 Å². The highest BCUT2D eigenvalue weighted by atomic mass is 32.1. The van der Waals surface area contributed by atoms with Crippen molar-refractivity contribution in [3.8, 4) is 5.75 Å². The summed E-state index contributed by atoms with van der Waals surface area (Å²) in [6, 6.07) is 7.37. The molecule has 0 spiro atoms. The molecule has 0 unspecified atom stereocenters. The molecule has 0 aliphatic carbocycles. The van der Waals surface area contributed by atoms with Crippen molar-refractivity contribution in [2.24, 2.45) is 0 Å². The topological polar surface area (TPSA) is 90.1 Å². The van der Waals surface area contributed by atoms with Crippen molar-refractivity contribution in [3.63, 3.8) is 0 Å². The average molecular weight is 435 g/mol. The predicted molar refractivity (Wildman–Crippen MR) is 121 cm³/mol. The summed E-state index contributed by atoms with van der Waals surface area (Å²) in [5.41, 5.74) is 1.18. The van der Waals surface area contributed by atoms with E-state index in [9.17, 15) is 9.90 Å². The number of nitrogens with one attached hydrogen (secondary N) is 2. The van der Waals surface area contributed by atoms with Crippen LogP contribution in [-0.4, -0.2) is 84.7 Å². The molecular weight excluding hydrogens is 404 g/mol. The summed E-state index contributed by atoms with van der Waals surface area (Å²) in [5, 5.41) is 14.1. The quantitative estimate of drug-likeness (QED) is 0.397. The minimum absolute atomic E-state index is 0.0467. The van der Waals surface area contributed by atoms with Gasteiger partial charge in [0.05, 0.1) is 33.5 Å². The molecule has 3 rings (SSSR count). The summed E-state index contributed by atoms with van der Waals surface area (Å²) in [4.78, 5) is 19.6. The Hall–Kier alpha value is -2.20. The van der Waals surface area contributed by atoms with E-state index in [1.54, 1.807) is 7.11 Å². The van der Waals surface area contributed by atoms with Crippen LogP contribution in [0.2, 0.25) is 0 Å². The number of hydrogen-bond acceptors (Lipinski definition) is 6. The van der Waals surface area contributed by atoms with E-state index in [0.717, 1.165) is 62.5 Å². The Balaban J connectivity index is 1.60. The summed E-state index contributed by atoms with van der Waals surface area (Å²) >= 11 is 5.53. The zero-order valence-electron chi connectivity index (χ0n) is 17.4. The van der Waals surface area contributed by atoms with E-state index in [-0.39, 0.29) is 12.2 Å². The monoisotopic (exact) mass is 434 g/mol. The molecule has 8 nitrogen and oxygen atoms in total. The van der Waals surface area contributed by atoms with Gasteiger partial charge in [-0.05, 0) is 49.4 Å². The first-order valence-corrected chi connectivity index (χ1v) is 10.6. The minimum atomic E-state index is -0.161. The first kappa shape index (κ1) is 22.5. The van der Waals surface area contributed by atoms with Gasteiger partial charge in [0.15, 0.2) is 5.11 Å². The third-order valence-electron chi connectivity index (χ3n) is 5.18. The van der Waals surface area contributed by atoms with Crippen LogP contribution < -0.4 is 15.6 Å². The molecule has 1 aromatic carbocycles. The normalized spacial score (nSPS) is 14.6. The maximum absolute atomic E-state index is 12.5. The number of aromatic nitrogens is 1. The third kappa shape index (κ3) is 6.15. The third-order valence-corrected chi connectivity index (χ3v) is 5.58. The Kier molecular flexibility index (Phi) is 8.44. The first-order valence-electron chi connectivity index (χ1n) is 10.2. The lowest BCUT2D eigenvalue weighted by Gasteiger charge is -2.27. The zero-order chi connectivity index (χ0) is 21.3. The van der Waals surface area contributed by atoms with E-state index < -0.39 is 0 Å². The van der Waals surface area contributed by atoms with E-state index >= 15 is 0 Å². The number of aliphatic hydroxyl groups excluding tert-OH is 1. The van der Waals surface area contributed by atoms with Crippen LogP contribution in [0.4, 0.5) is 0 Å². The number of rotatable bonds is 9. The van der Waals surface area contributed by atoms with Gasteiger partial charge in [0.25, 0.3) is 5.56 Å². The Bertz CT molecular complexity index is 898. The number of H-pyrrole nitrogens is 1. The van der Waals surface area contributed by atoms with Crippen molar-refractivity contribution in [3.05, 3.63) is 40.2 Å². The van der Waals surface area contributed by atoms with Gasteiger partial charge in [0.2, 0.25) is 0 Å². The fraction of sp³-hybridized carbons (Fsp3) is 0.524. The molecule has 0 saturated carbocycles. The Morgan fingerprint density at radius 2 is 2.17 bits per heavy atom. The first-order chi connectivity index (χ1) is 14.6. The Morgan fingerprint density at radius 3 is 2.90 bits per heavy atom. The molecule has 2 heterocycles. The average Bonchev–Trinajstić information content (AvgIpc) is 2.77. The molecule has 3 N–H and O–H groups in total. The van der Waals surface area contributed by atoms with Gasteiger partial charge in [-0.2, -0.15) is 0 Å². The number of thiocarbonyl (C=S) groups is 1. The van der Waals surface area contributed by atoms with Crippen LogP contribution in [0.15, 0.2) is 29.1 Å². The molecule has 2 aromatic rings. The standard InChI is InChI=1S/C21H30N4O4S/c1-28-18-3-4-19-16(14-18)13-17(20(27)23-19)15-25(7-10-26)21(30)22-5-2-6-24-8-11-29-12-9-24/h3-4,13-14,26H,2,5-12,15H2,1H3,(H,22,30)(H,23,27). The maximum atomic E-state index is 12.5. The lowest BCUT2D eigenvalue weighted by atomic mass is 10.1. The van der Waals surface area contributed by atoms with Crippen LogP contribution in [-0.2, 0) is 11.3 Å². The number of aromatic amines is 1. The summed E-state index contributed by atoms with van der Waals surface area (Å²) in [6.07, 6.45) is 0.962. The molecule has 1 saturated heterocycles. The van der Waals surface area contributed by atoms with Gasteiger partial charge in [0.1, 0.15) is 5.75 Å². The summed E-state index contributed by atoms with van der Waals surface area (Å²) < 4.78 is 10.6. The molecule has 0 atom stereocenters. The highest BCUT2D eigenvalue weighted by Gasteiger charge is 2.14. The largest absolute Gasteiger partial charge is 0.497 e. The summed E-state index contributed by atoms with van der Waals surface area (Å²) in [5.74, 6) is 0.727. The zero-order valence-corrected chi connectivity index (χ0v) is 18.2. The van der Waals surface area contributed by atoms with Gasteiger partial charge in [-0.25, -0.2) is 0 Å². The molecule has 9 heteroatoms. The van der Waals surface area contributed by atoms with Crippen LogP contribution in [0, 0.1) is 0 Å². The fourth-order valence-corrected chi connectivity index (χ4v) is 3.75. The molecule has 1 aliphatic rings. The van der Waals surface area contributed by atoms with Gasteiger partial charge in [-0.3, -0.25) is 9.69 Å². The van der Waals surface area contributed by atoms with Crippen molar-refractivity contribution in [2.45, 2.75) is 13.0 Å². The lowest BCUT2D eigenvalue weighted by Crippen LogP contribution is -2.43. The number of hydrogen-bond donors (Lipinski definition) is 3. The number of pyridine rings is 1. The fourth-order valence-electron chi connectivity index (χ4n) is 3.49. The SMILES string of the molecule is COc1ccc2[nH]c(=O)c(CN(CCO)C(=S)NCCCN3CCOCC3)cc2c1. The maximum Gasteiger partial charge on any atom is 0.253 e. The number of benzene rings is 1. The highest BCUT2D eigenvalue weighted by molar-refractivity contribution is 7.80. The minimum Gasteiger partial charge on any atom is -0.497 e. The number of morpholine rings is 1. The molecule has 30 heavy (non-hydrogen) atoms. The van der Waals surface area contributed by atoms with Crippen LogP contribution in [0.1, 0.15) is 12.0 Å². The van der Waals surface area contributed by atoms with Crippen molar-refractivity contribution in [2.75, 3.05) is 59.7 Å². The number of fused-ring (bicyclic) bond motifs is 1. The van der Waals surface area contributed by atoms with Gasteiger partial charge in [-0.1, -0.05) is 0 Å². The number of nitrogens with zero attached hydrogens (tertiary/aromatic N) is 2. The second-order valence-electron chi connectivity index (χ2n) is 7.26. The summed E-state index contributed by atoms with van der Waals surface area (Å²) in [7, 11) is 1.61. The number of aliphatic hydroxyl groups is 1. The second kappa shape index (κ2) is 11.3. The number of ether oxygens (including phenoxy) is 2. The van der Waals surface area contributed by atoms with Gasteiger partial charge >= 0.3 is 0 Å². The van der Waals surface area contributed by atoms with E-state index in [1.807, 2.05) is 29.2 Å². The highest BCUT2D eigenvalue weighted by Crippen LogP contribution is 2.19. The van der Waals surface area contributed by atoms with Crippen molar-refractivity contribution in [1.82, 2.24) is 20.1 Å². The summed E-state index contributed by atoms with van der Waals surface area (Å²) in [6.45, 7) is 5.88. The van der Waals surface area contributed by atoms with Crippen molar-refractivity contribution >= 4 is 28.2 Å². The van der Waals surface area contributed by atoms with Crippen LogP contribution in [0.25, 0.3) is 10.9 Å². The van der Waals surface area contributed by atoms with Crippen molar-refractivity contribution < 1.29 is 14.6 Å². The molecule has 0 bridgehead atoms. The lowest BCUT2D eigenvalue weighted by molar-refractivity contribution is 0.0376. The van der Waals surface area contributed by atoms with Gasteiger partial charge < -0.3 is 29.8 Å². The smallest absolute Gasteiger partial charge is 0.253 e.